The van der Waals surface area contributed by atoms with Gasteiger partial charge in [-0.3, -0.25) is 0 Å². The number of carbonyl (C=O) groups is 1. The molecule has 94 valence electrons. The Morgan fingerprint density at radius 3 is 2.82 bits per heavy atom. The van der Waals surface area contributed by atoms with E-state index < -0.39 is 11.8 Å². The van der Waals surface area contributed by atoms with Crippen molar-refractivity contribution in [3.63, 3.8) is 0 Å². The van der Waals surface area contributed by atoms with Crippen molar-refractivity contribution in [2.75, 3.05) is 20.2 Å². The van der Waals surface area contributed by atoms with Crippen LogP contribution in [0.15, 0.2) is 18.2 Å². The largest absolute Gasteiger partial charge is 0.465 e. The number of ether oxygens (including phenoxy) is 1. The van der Waals surface area contributed by atoms with Gasteiger partial charge in [-0.05, 0) is 36.6 Å². The molecule has 0 aliphatic carbocycles. The molecule has 1 fully saturated rings. The maximum absolute atomic E-state index is 13.6. The summed E-state index contributed by atoms with van der Waals surface area (Å²) in [6.07, 6.45) is 1.01. The fourth-order valence-electron chi connectivity index (χ4n) is 2.00. The number of esters is 1. The molecule has 1 atom stereocenters. The molecule has 1 aromatic rings. The van der Waals surface area contributed by atoms with Gasteiger partial charge in [0.2, 0.25) is 0 Å². The fourth-order valence-corrected chi connectivity index (χ4v) is 2.00. The average molecular weight is 260 g/mol. The quantitative estimate of drug-likeness (QED) is 0.827. The van der Waals surface area contributed by atoms with Crippen LogP contribution in [0.4, 0.5) is 4.39 Å². The molecule has 1 unspecified atom stereocenters. The minimum Gasteiger partial charge on any atom is -0.465 e. The molecule has 1 aliphatic rings. The first kappa shape index (κ1) is 13.9. The highest BCUT2D eigenvalue weighted by molar-refractivity contribution is 5.89. The summed E-state index contributed by atoms with van der Waals surface area (Å²) in [5, 5.41) is 3.22. The molecule has 1 N–H and O–H groups in total. The molecule has 1 saturated heterocycles. The van der Waals surface area contributed by atoms with Crippen molar-refractivity contribution in [2.45, 2.75) is 12.3 Å². The number of hydrogen-bond donors (Lipinski definition) is 1. The Hall–Kier alpha value is -1.13. The van der Waals surface area contributed by atoms with E-state index in [9.17, 15) is 9.18 Å². The van der Waals surface area contributed by atoms with Crippen molar-refractivity contribution in [3.05, 3.63) is 35.1 Å². The van der Waals surface area contributed by atoms with Crippen LogP contribution < -0.4 is 5.32 Å². The van der Waals surface area contributed by atoms with Crippen molar-refractivity contribution in [1.82, 2.24) is 5.32 Å². The van der Waals surface area contributed by atoms with Gasteiger partial charge in [-0.25, -0.2) is 9.18 Å². The number of nitrogens with one attached hydrogen (secondary N) is 1. The van der Waals surface area contributed by atoms with Gasteiger partial charge >= 0.3 is 5.97 Å². The predicted molar refractivity (Wildman–Crippen MR) is 65.2 cm³/mol. The summed E-state index contributed by atoms with van der Waals surface area (Å²) in [5.74, 6) is -0.786. The van der Waals surface area contributed by atoms with Gasteiger partial charge in [-0.1, -0.05) is 6.07 Å². The molecule has 0 radical (unpaired) electrons. The molecular formula is C12H15ClFNO2. The van der Waals surface area contributed by atoms with Crippen LogP contribution in [0, 0.1) is 5.82 Å². The molecule has 5 heteroatoms. The molecule has 1 aromatic carbocycles. The second kappa shape index (κ2) is 5.98. The van der Waals surface area contributed by atoms with Gasteiger partial charge in [0.25, 0.3) is 0 Å². The maximum Gasteiger partial charge on any atom is 0.340 e. The van der Waals surface area contributed by atoms with Crippen molar-refractivity contribution in [3.8, 4) is 0 Å². The van der Waals surface area contributed by atoms with E-state index in [4.69, 9.17) is 0 Å². The van der Waals surface area contributed by atoms with Crippen molar-refractivity contribution in [1.29, 1.82) is 0 Å². The van der Waals surface area contributed by atoms with Gasteiger partial charge in [0.15, 0.2) is 0 Å². The smallest absolute Gasteiger partial charge is 0.340 e. The molecule has 1 heterocycles. The second-order valence-electron chi connectivity index (χ2n) is 3.92. The van der Waals surface area contributed by atoms with E-state index in [0.29, 0.717) is 5.92 Å². The van der Waals surface area contributed by atoms with Crippen molar-refractivity contribution < 1.29 is 13.9 Å². The zero-order chi connectivity index (χ0) is 11.5. The molecule has 0 amide bonds. The van der Waals surface area contributed by atoms with Crippen molar-refractivity contribution in [2.24, 2.45) is 0 Å². The van der Waals surface area contributed by atoms with Crippen LogP contribution in [-0.4, -0.2) is 26.2 Å². The van der Waals surface area contributed by atoms with Crippen molar-refractivity contribution >= 4 is 18.4 Å². The van der Waals surface area contributed by atoms with Gasteiger partial charge in [-0.2, -0.15) is 0 Å². The van der Waals surface area contributed by atoms with E-state index in [1.54, 1.807) is 6.07 Å². The Balaban J connectivity index is 0.00000144. The molecule has 17 heavy (non-hydrogen) atoms. The molecule has 0 bridgehead atoms. The maximum atomic E-state index is 13.6. The molecular weight excluding hydrogens is 245 g/mol. The van der Waals surface area contributed by atoms with Crippen LogP contribution in [0.2, 0.25) is 0 Å². The molecule has 0 saturated carbocycles. The van der Waals surface area contributed by atoms with Gasteiger partial charge < -0.3 is 10.1 Å². The van der Waals surface area contributed by atoms with Crippen LogP contribution in [0.3, 0.4) is 0 Å². The van der Waals surface area contributed by atoms with Crippen LogP contribution in [0.5, 0.6) is 0 Å². The highest BCUT2D eigenvalue weighted by Crippen LogP contribution is 2.24. The SMILES string of the molecule is COC(=O)c1ccc(C2CCNC2)cc1F.Cl. The zero-order valence-corrected chi connectivity index (χ0v) is 10.3. The number of rotatable bonds is 2. The zero-order valence-electron chi connectivity index (χ0n) is 9.53. The Labute approximate surface area is 106 Å². The highest BCUT2D eigenvalue weighted by Gasteiger charge is 2.19. The first-order valence-electron chi connectivity index (χ1n) is 5.31. The summed E-state index contributed by atoms with van der Waals surface area (Å²) in [6, 6.07) is 4.73. The third kappa shape index (κ3) is 2.96. The molecule has 2 rings (SSSR count). The minimum atomic E-state index is -0.631. The van der Waals surface area contributed by atoms with E-state index in [1.807, 2.05) is 0 Å². The topological polar surface area (TPSA) is 38.3 Å². The molecule has 3 nitrogen and oxygen atoms in total. The van der Waals surface area contributed by atoms with Crippen LogP contribution in [-0.2, 0) is 4.74 Å². The monoisotopic (exact) mass is 259 g/mol. The number of halogens is 2. The third-order valence-electron chi connectivity index (χ3n) is 2.93. The highest BCUT2D eigenvalue weighted by atomic mass is 35.5. The summed E-state index contributed by atoms with van der Waals surface area (Å²) in [5.41, 5.74) is 0.937. The summed E-state index contributed by atoms with van der Waals surface area (Å²) >= 11 is 0. The molecule has 1 aliphatic heterocycles. The summed E-state index contributed by atoms with van der Waals surface area (Å²) in [4.78, 5) is 11.2. The van der Waals surface area contributed by atoms with Crippen LogP contribution in [0.1, 0.15) is 28.3 Å². The van der Waals surface area contributed by atoms with E-state index in [1.165, 1.54) is 19.2 Å². The van der Waals surface area contributed by atoms with Gasteiger partial charge in [-0.15, -0.1) is 12.4 Å². The van der Waals surface area contributed by atoms with E-state index in [-0.39, 0.29) is 18.0 Å². The Morgan fingerprint density at radius 2 is 2.29 bits per heavy atom. The van der Waals surface area contributed by atoms with E-state index in [2.05, 4.69) is 10.1 Å². The Bertz CT molecular complexity index is 405. The van der Waals surface area contributed by atoms with Crippen LogP contribution in [0.25, 0.3) is 0 Å². The standard InChI is InChI=1S/C12H14FNO2.ClH/c1-16-12(15)10-3-2-8(6-11(10)13)9-4-5-14-7-9;/h2-3,6,9,14H,4-5,7H2,1H3;1H. The van der Waals surface area contributed by atoms with Crippen LogP contribution >= 0.6 is 12.4 Å². The minimum absolute atomic E-state index is 0. The summed E-state index contributed by atoms with van der Waals surface area (Å²) < 4.78 is 18.1. The third-order valence-corrected chi connectivity index (χ3v) is 2.93. The van der Waals surface area contributed by atoms with E-state index in [0.717, 1.165) is 25.1 Å². The first-order valence-corrected chi connectivity index (χ1v) is 5.31. The Kier molecular flexibility index (Phi) is 4.90. The Morgan fingerprint density at radius 1 is 1.53 bits per heavy atom. The lowest BCUT2D eigenvalue weighted by Crippen LogP contribution is -2.09. The first-order chi connectivity index (χ1) is 7.72. The number of carbonyl (C=O) groups excluding carboxylic acids is 1. The van der Waals surface area contributed by atoms with Gasteiger partial charge in [0, 0.05) is 6.54 Å². The lowest BCUT2D eigenvalue weighted by atomic mass is 9.97. The fraction of sp³-hybridized carbons (Fsp3) is 0.417. The summed E-state index contributed by atoms with van der Waals surface area (Å²) in [6.45, 7) is 1.84. The predicted octanol–water partition coefficient (Wildman–Crippen LogP) is 2.11. The van der Waals surface area contributed by atoms with E-state index >= 15 is 0 Å². The van der Waals surface area contributed by atoms with Gasteiger partial charge in [0.05, 0.1) is 12.7 Å². The lowest BCUT2D eigenvalue weighted by molar-refractivity contribution is 0.0595. The lowest BCUT2D eigenvalue weighted by Gasteiger charge is -2.10. The second-order valence-corrected chi connectivity index (χ2v) is 3.92. The van der Waals surface area contributed by atoms with Gasteiger partial charge in [0.1, 0.15) is 5.82 Å². The number of hydrogen-bond acceptors (Lipinski definition) is 3. The molecule has 0 spiro atoms. The normalized spacial score (nSPS) is 18.6. The number of benzene rings is 1. The average Bonchev–Trinajstić information content (AvgIpc) is 2.81. The summed E-state index contributed by atoms with van der Waals surface area (Å²) in [7, 11) is 1.25. The number of methoxy groups -OCH3 is 1. The molecule has 0 aromatic heterocycles.